The van der Waals surface area contributed by atoms with E-state index in [4.69, 9.17) is 14.4 Å². The van der Waals surface area contributed by atoms with E-state index in [-0.39, 0.29) is 12.0 Å². The van der Waals surface area contributed by atoms with Crippen LogP contribution in [0.5, 0.6) is 5.75 Å². The molecule has 1 aliphatic rings. The van der Waals surface area contributed by atoms with Gasteiger partial charge in [-0.3, -0.25) is 9.78 Å². The molecule has 2 N–H and O–H groups in total. The number of rotatable bonds is 8. The van der Waals surface area contributed by atoms with Crippen molar-refractivity contribution < 1.29 is 19.2 Å². The number of anilines is 1. The molecule has 0 saturated heterocycles. The monoisotopic (exact) mass is 472 g/mol. The number of hydrogen-bond acceptors (Lipinski definition) is 9. The molecule has 0 radical (unpaired) electrons. The first kappa shape index (κ1) is 22.5. The van der Waals surface area contributed by atoms with Crippen LogP contribution in [0.25, 0.3) is 22.8 Å². The molecule has 0 aromatic carbocycles. The Hall–Kier alpha value is -4.34. The molecule has 4 aromatic rings. The lowest BCUT2D eigenvalue weighted by Gasteiger charge is -2.13. The van der Waals surface area contributed by atoms with Crippen LogP contribution in [0.2, 0.25) is 0 Å². The Morgan fingerprint density at radius 2 is 2.00 bits per heavy atom. The van der Waals surface area contributed by atoms with Crippen LogP contribution in [-0.4, -0.2) is 42.3 Å². The fourth-order valence-electron chi connectivity index (χ4n) is 4.11. The van der Waals surface area contributed by atoms with Crippen LogP contribution < -0.4 is 10.1 Å². The number of carboxylic acids is 1. The van der Waals surface area contributed by atoms with Crippen molar-refractivity contribution in [3.05, 3.63) is 66.2 Å². The average Bonchev–Trinajstić information content (AvgIpc) is 3.51. The molecule has 4 aromatic heterocycles. The molecule has 0 amide bonds. The van der Waals surface area contributed by atoms with Gasteiger partial charge in [-0.25, -0.2) is 15.0 Å². The molecule has 178 valence electrons. The molecule has 0 aliphatic heterocycles. The smallest absolute Gasteiger partial charge is 0.306 e. The number of carboxylic acid groups (broad SMARTS) is 1. The predicted octanol–water partition coefficient (Wildman–Crippen LogP) is 4.14. The average molecular weight is 473 g/mol. The van der Waals surface area contributed by atoms with Gasteiger partial charge in [0.2, 0.25) is 5.95 Å². The second kappa shape index (κ2) is 9.88. The Labute approximate surface area is 201 Å². The molecule has 4 heterocycles. The number of aromatic nitrogens is 5. The molecular weight excluding hydrogens is 448 g/mol. The Morgan fingerprint density at radius 1 is 1.09 bits per heavy atom. The van der Waals surface area contributed by atoms with Gasteiger partial charge in [0, 0.05) is 24.5 Å². The summed E-state index contributed by atoms with van der Waals surface area (Å²) in [7, 11) is 0. The highest BCUT2D eigenvalue weighted by Crippen LogP contribution is 2.31. The van der Waals surface area contributed by atoms with Gasteiger partial charge >= 0.3 is 5.97 Å². The van der Waals surface area contributed by atoms with Crippen LogP contribution >= 0.6 is 0 Å². The topological polar surface area (TPSA) is 136 Å². The Bertz CT molecular complexity index is 1310. The van der Waals surface area contributed by atoms with Crippen LogP contribution in [0.4, 0.5) is 5.95 Å². The Kier molecular flexibility index (Phi) is 6.34. The maximum absolute atomic E-state index is 11.2. The third-order valence-corrected chi connectivity index (χ3v) is 6.00. The molecule has 0 bridgehead atoms. The van der Waals surface area contributed by atoms with Crippen molar-refractivity contribution in [1.82, 2.24) is 25.1 Å². The lowest BCUT2D eigenvalue weighted by atomic mass is 10.1. The minimum absolute atomic E-state index is 0.113. The number of nitrogens with zero attached hydrogens (tertiary/aromatic N) is 5. The molecule has 10 nitrogen and oxygen atoms in total. The lowest BCUT2D eigenvalue weighted by Crippen LogP contribution is -2.15. The summed E-state index contributed by atoms with van der Waals surface area (Å²) in [4.78, 5) is 28.8. The summed E-state index contributed by atoms with van der Waals surface area (Å²) in [6, 6.07) is 11.1. The molecule has 1 saturated carbocycles. The standard InChI is InChI=1S/C25H24N6O4/c1-15-19(14-29-25-27-11-9-21(30-25)20-4-2-3-10-26-20)23(35-31-15)22-8-7-18(13-28-22)34-17-6-5-16(12-17)24(32)33/h2-4,7-11,13,16-17H,5-6,12,14H2,1H3,(H,32,33)(H,27,29,30)/t16-,17-/m1/s1. The van der Waals surface area contributed by atoms with Crippen LogP contribution in [0.3, 0.4) is 0 Å². The number of carbonyl (C=O) groups is 1. The van der Waals surface area contributed by atoms with Crippen molar-refractivity contribution in [1.29, 1.82) is 0 Å². The second-order valence-corrected chi connectivity index (χ2v) is 8.38. The fraction of sp³-hybridized carbons (Fsp3) is 0.280. The highest BCUT2D eigenvalue weighted by molar-refractivity contribution is 5.70. The first-order chi connectivity index (χ1) is 17.1. The summed E-state index contributed by atoms with van der Waals surface area (Å²) in [5.74, 6) is 0.510. The lowest BCUT2D eigenvalue weighted by molar-refractivity contribution is -0.141. The molecule has 10 heteroatoms. The molecule has 2 atom stereocenters. The van der Waals surface area contributed by atoms with Gasteiger partial charge in [-0.2, -0.15) is 0 Å². The van der Waals surface area contributed by atoms with Crippen LogP contribution in [0, 0.1) is 12.8 Å². The van der Waals surface area contributed by atoms with E-state index in [0.717, 1.165) is 29.1 Å². The van der Waals surface area contributed by atoms with E-state index in [1.807, 2.05) is 37.3 Å². The predicted molar refractivity (Wildman–Crippen MR) is 126 cm³/mol. The van der Waals surface area contributed by atoms with E-state index in [1.54, 1.807) is 24.7 Å². The SMILES string of the molecule is Cc1noc(-c2ccc(O[C@@H]3CC[C@@H](C(=O)O)C3)cn2)c1CNc1nccc(-c2ccccn2)n1. The van der Waals surface area contributed by atoms with E-state index in [9.17, 15) is 4.79 Å². The van der Waals surface area contributed by atoms with Gasteiger partial charge in [-0.1, -0.05) is 11.2 Å². The van der Waals surface area contributed by atoms with Crippen molar-refractivity contribution in [2.75, 3.05) is 5.32 Å². The van der Waals surface area contributed by atoms with Gasteiger partial charge in [-0.05, 0) is 56.5 Å². The summed E-state index contributed by atoms with van der Waals surface area (Å²) in [6.07, 6.45) is 6.78. The third kappa shape index (κ3) is 5.11. The van der Waals surface area contributed by atoms with E-state index in [1.165, 1.54) is 0 Å². The zero-order valence-corrected chi connectivity index (χ0v) is 19.1. The van der Waals surface area contributed by atoms with Crippen molar-refractivity contribution >= 4 is 11.9 Å². The van der Waals surface area contributed by atoms with Crippen molar-refractivity contribution in [2.45, 2.75) is 38.8 Å². The van der Waals surface area contributed by atoms with Gasteiger partial charge in [0.15, 0.2) is 5.76 Å². The second-order valence-electron chi connectivity index (χ2n) is 8.38. The summed E-state index contributed by atoms with van der Waals surface area (Å²) < 4.78 is 11.5. The molecule has 35 heavy (non-hydrogen) atoms. The molecule has 5 rings (SSSR count). The van der Waals surface area contributed by atoms with Crippen LogP contribution in [0.15, 0.2) is 59.5 Å². The summed E-state index contributed by atoms with van der Waals surface area (Å²) >= 11 is 0. The third-order valence-electron chi connectivity index (χ3n) is 6.00. The minimum atomic E-state index is -0.764. The number of ether oxygens (including phenoxy) is 1. The quantitative estimate of drug-likeness (QED) is 0.385. The Morgan fingerprint density at radius 3 is 2.74 bits per heavy atom. The van der Waals surface area contributed by atoms with E-state index in [0.29, 0.717) is 42.5 Å². The van der Waals surface area contributed by atoms with Crippen LogP contribution in [-0.2, 0) is 11.3 Å². The van der Waals surface area contributed by atoms with Crippen molar-refractivity contribution in [3.8, 4) is 28.6 Å². The van der Waals surface area contributed by atoms with E-state index < -0.39 is 5.97 Å². The van der Waals surface area contributed by atoms with Gasteiger partial charge in [-0.15, -0.1) is 0 Å². The van der Waals surface area contributed by atoms with E-state index >= 15 is 0 Å². The van der Waals surface area contributed by atoms with E-state index in [2.05, 4.69) is 30.4 Å². The van der Waals surface area contributed by atoms with Gasteiger partial charge in [0.1, 0.15) is 11.4 Å². The summed E-state index contributed by atoms with van der Waals surface area (Å²) in [6.45, 7) is 2.26. The largest absolute Gasteiger partial charge is 0.489 e. The number of nitrogens with one attached hydrogen (secondary N) is 1. The zero-order chi connectivity index (χ0) is 24.2. The summed E-state index contributed by atoms with van der Waals surface area (Å²) in [5, 5.41) is 16.5. The van der Waals surface area contributed by atoms with Crippen LogP contribution in [0.1, 0.15) is 30.5 Å². The molecule has 0 spiro atoms. The molecule has 0 unspecified atom stereocenters. The summed E-state index contributed by atoms with van der Waals surface area (Å²) in [5.41, 5.74) is 3.69. The first-order valence-electron chi connectivity index (χ1n) is 11.4. The molecule has 1 fully saturated rings. The normalized spacial score (nSPS) is 17.3. The number of aliphatic carboxylic acids is 1. The first-order valence-corrected chi connectivity index (χ1v) is 11.4. The van der Waals surface area contributed by atoms with Gasteiger partial charge < -0.3 is 19.7 Å². The highest BCUT2D eigenvalue weighted by Gasteiger charge is 2.31. The van der Waals surface area contributed by atoms with Gasteiger partial charge in [0.25, 0.3) is 0 Å². The highest BCUT2D eigenvalue weighted by atomic mass is 16.5. The fourth-order valence-corrected chi connectivity index (χ4v) is 4.11. The van der Waals surface area contributed by atoms with Gasteiger partial charge in [0.05, 0.1) is 35.3 Å². The minimum Gasteiger partial charge on any atom is -0.489 e. The zero-order valence-electron chi connectivity index (χ0n) is 19.1. The Balaban J connectivity index is 1.26. The van der Waals surface area contributed by atoms with Crippen molar-refractivity contribution in [2.24, 2.45) is 5.92 Å². The number of aryl methyl sites for hydroxylation is 1. The number of hydrogen-bond donors (Lipinski definition) is 2. The molecule has 1 aliphatic carbocycles. The van der Waals surface area contributed by atoms with Crippen molar-refractivity contribution in [3.63, 3.8) is 0 Å². The number of pyridine rings is 2. The molecular formula is C25H24N6O4. The maximum Gasteiger partial charge on any atom is 0.306 e. The maximum atomic E-state index is 11.2.